The first kappa shape index (κ1) is 11.0. The Balaban J connectivity index is 2.62. The van der Waals surface area contributed by atoms with Gasteiger partial charge in [0, 0.05) is 13.6 Å². The summed E-state index contributed by atoms with van der Waals surface area (Å²) in [5, 5.41) is 7.36. The summed E-state index contributed by atoms with van der Waals surface area (Å²) >= 11 is 0. The molecule has 1 aliphatic rings. The van der Waals surface area contributed by atoms with Crippen molar-refractivity contribution in [3.05, 3.63) is 5.69 Å². The molecule has 0 aliphatic carbocycles. The molecule has 0 saturated carbocycles. The molecule has 2 rings (SSSR count). The molecule has 0 fully saturated rings. The molecule has 16 heavy (non-hydrogen) atoms. The van der Waals surface area contributed by atoms with Crippen LogP contribution in [0.3, 0.4) is 0 Å². The van der Waals surface area contributed by atoms with Gasteiger partial charge in [-0.15, -0.1) is 0 Å². The van der Waals surface area contributed by atoms with E-state index in [1.165, 1.54) is 0 Å². The number of rotatable bonds is 1. The summed E-state index contributed by atoms with van der Waals surface area (Å²) in [5.41, 5.74) is 1.17. The lowest BCUT2D eigenvalue weighted by molar-refractivity contribution is -0.120. The molecule has 0 unspecified atom stereocenters. The number of fused-ring (bicyclic) bond motifs is 1. The summed E-state index contributed by atoms with van der Waals surface area (Å²) in [4.78, 5) is 13.9. The van der Waals surface area contributed by atoms with Crippen molar-refractivity contribution < 1.29 is 4.79 Å². The number of likely N-dealkylation sites (N-methyl/N-ethyl adjacent to an activating group) is 1. The summed E-state index contributed by atoms with van der Waals surface area (Å²) in [5.74, 6) is 1.01. The molecule has 0 spiro atoms. The van der Waals surface area contributed by atoms with E-state index >= 15 is 0 Å². The van der Waals surface area contributed by atoms with Gasteiger partial charge in [0.25, 0.3) is 0 Å². The average Bonchev–Trinajstić information content (AvgIpc) is 2.53. The first-order chi connectivity index (χ1) is 7.39. The third-order valence-electron chi connectivity index (χ3n) is 3.35. The molecular formula is C11H18N4O. The smallest absolute Gasteiger partial charge is 0.249 e. The van der Waals surface area contributed by atoms with Crippen molar-refractivity contribution in [1.82, 2.24) is 9.78 Å². The van der Waals surface area contributed by atoms with Crippen molar-refractivity contribution in [3.8, 4) is 0 Å². The first-order valence-corrected chi connectivity index (χ1v) is 5.52. The molecule has 1 N–H and O–H groups in total. The third kappa shape index (κ3) is 1.24. The molecule has 0 saturated heterocycles. The Morgan fingerprint density at radius 3 is 2.62 bits per heavy atom. The fourth-order valence-electron chi connectivity index (χ4n) is 1.96. The van der Waals surface area contributed by atoms with Gasteiger partial charge in [-0.1, -0.05) is 0 Å². The van der Waals surface area contributed by atoms with Crippen molar-refractivity contribution in [2.45, 2.75) is 39.8 Å². The van der Waals surface area contributed by atoms with Gasteiger partial charge >= 0.3 is 0 Å². The lowest BCUT2D eigenvalue weighted by Gasteiger charge is -2.40. The van der Waals surface area contributed by atoms with Gasteiger partial charge in [0.05, 0.1) is 5.69 Å². The lowest BCUT2D eigenvalue weighted by atomic mass is 9.99. The molecule has 88 valence electrons. The fourth-order valence-corrected chi connectivity index (χ4v) is 1.96. The van der Waals surface area contributed by atoms with E-state index in [9.17, 15) is 4.79 Å². The Morgan fingerprint density at radius 1 is 1.44 bits per heavy atom. The number of aromatic nitrogens is 2. The minimum Gasteiger partial charge on any atom is -0.344 e. The van der Waals surface area contributed by atoms with E-state index in [2.05, 4.69) is 10.4 Å². The number of carbonyl (C=O) groups excluding carboxylic acids is 1. The summed E-state index contributed by atoms with van der Waals surface area (Å²) in [6.45, 7) is 8.58. The summed E-state index contributed by atoms with van der Waals surface area (Å²) in [6, 6.07) is 0. The van der Waals surface area contributed by atoms with Gasteiger partial charge in [0.15, 0.2) is 5.82 Å². The van der Waals surface area contributed by atoms with E-state index in [1.54, 1.807) is 0 Å². The van der Waals surface area contributed by atoms with Crippen LogP contribution >= 0.6 is 0 Å². The van der Waals surface area contributed by atoms with Gasteiger partial charge < -0.3 is 10.2 Å². The number of hydrogen-bond acceptors (Lipinski definition) is 3. The second kappa shape index (κ2) is 3.23. The second-order valence-electron chi connectivity index (χ2n) is 4.67. The number of hydrogen-bond donors (Lipinski definition) is 1. The van der Waals surface area contributed by atoms with Gasteiger partial charge in [-0.2, -0.15) is 5.10 Å². The van der Waals surface area contributed by atoms with Crippen LogP contribution in [0.4, 0.5) is 11.5 Å². The maximum atomic E-state index is 11.9. The Morgan fingerprint density at radius 2 is 2.06 bits per heavy atom. The third-order valence-corrected chi connectivity index (χ3v) is 3.35. The predicted molar refractivity (Wildman–Crippen MR) is 63.7 cm³/mol. The quantitative estimate of drug-likeness (QED) is 0.781. The van der Waals surface area contributed by atoms with Gasteiger partial charge in [-0.25, -0.2) is 4.68 Å². The molecule has 0 aromatic carbocycles. The van der Waals surface area contributed by atoms with E-state index in [4.69, 9.17) is 0 Å². The number of nitrogens with zero attached hydrogens (tertiary/aromatic N) is 3. The number of nitrogens with one attached hydrogen (secondary N) is 1. The molecule has 5 heteroatoms. The number of carbonyl (C=O) groups is 1. The van der Waals surface area contributed by atoms with Crippen LogP contribution in [-0.4, -0.2) is 28.3 Å². The minimum atomic E-state index is -0.535. The lowest BCUT2D eigenvalue weighted by Crippen LogP contribution is -2.54. The minimum absolute atomic E-state index is 0.0150. The molecule has 0 radical (unpaired) electrons. The highest BCUT2D eigenvalue weighted by Crippen LogP contribution is 2.37. The van der Waals surface area contributed by atoms with Crippen molar-refractivity contribution >= 4 is 17.4 Å². The van der Waals surface area contributed by atoms with Crippen LogP contribution in [0, 0.1) is 6.92 Å². The zero-order valence-electron chi connectivity index (χ0n) is 10.5. The summed E-state index contributed by atoms with van der Waals surface area (Å²) < 4.78 is 1.92. The highest BCUT2D eigenvalue weighted by atomic mass is 16.2. The second-order valence-corrected chi connectivity index (χ2v) is 4.67. The zero-order chi connectivity index (χ0) is 12.1. The summed E-state index contributed by atoms with van der Waals surface area (Å²) in [6.07, 6.45) is 0. The molecule has 1 aromatic rings. The van der Waals surface area contributed by atoms with E-state index in [0.29, 0.717) is 0 Å². The van der Waals surface area contributed by atoms with Crippen LogP contribution < -0.4 is 10.2 Å². The van der Waals surface area contributed by atoms with Gasteiger partial charge in [-0.05, 0) is 27.7 Å². The maximum Gasteiger partial charge on any atom is 0.249 e. The van der Waals surface area contributed by atoms with Crippen LogP contribution in [0.15, 0.2) is 0 Å². The van der Waals surface area contributed by atoms with Crippen molar-refractivity contribution in [2.24, 2.45) is 0 Å². The number of amides is 1. The zero-order valence-corrected chi connectivity index (χ0v) is 10.5. The van der Waals surface area contributed by atoms with Gasteiger partial charge in [0.2, 0.25) is 5.91 Å². The van der Waals surface area contributed by atoms with Crippen LogP contribution in [0.25, 0.3) is 0 Å². The SMILES string of the molecule is CCn1nc(C)c2c1N(C)C(C)(C)C(=O)N2. The largest absolute Gasteiger partial charge is 0.344 e. The highest BCUT2D eigenvalue weighted by Gasteiger charge is 2.40. The number of anilines is 2. The van der Waals surface area contributed by atoms with Crippen molar-refractivity contribution in [1.29, 1.82) is 0 Å². The molecule has 2 heterocycles. The molecule has 5 nitrogen and oxygen atoms in total. The van der Waals surface area contributed by atoms with Crippen molar-refractivity contribution in [2.75, 3.05) is 17.3 Å². The average molecular weight is 222 g/mol. The van der Waals surface area contributed by atoms with E-state index in [0.717, 1.165) is 23.7 Å². The normalized spacial score (nSPS) is 18.3. The first-order valence-electron chi connectivity index (χ1n) is 5.52. The summed E-state index contributed by atoms with van der Waals surface area (Å²) in [7, 11) is 1.94. The molecule has 0 atom stereocenters. The van der Waals surface area contributed by atoms with E-state index in [1.807, 2.05) is 44.3 Å². The Kier molecular flexibility index (Phi) is 2.22. The monoisotopic (exact) mass is 222 g/mol. The van der Waals surface area contributed by atoms with Crippen LogP contribution in [0.2, 0.25) is 0 Å². The fraction of sp³-hybridized carbons (Fsp3) is 0.636. The predicted octanol–water partition coefficient (Wildman–Crippen LogP) is 1.38. The van der Waals surface area contributed by atoms with E-state index in [-0.39, 0.29) is 5.91 Å². The van der Waals surface area contributed by atoms with Crippen LogP contribution in [0.1, 0.15) is 26.5 Å². The van der Waals surface area contributed by atoms with E-state index < -0.39 is 5.54 Å². The van der Waals surface area contributed by atoms with Crippen molar-refractivity contribution in [3.63, 3.8) is 0 Å². The van der Waals surface area contributed by atoms with Crippen LogP contribution in [-0.2, 0) is 11.3 Å². The Hall–Kier alpha value is -1.52. The van der Waals surface area contributed by atoms with Crippen LogP contribution in [0.5, 0.6) is 0 Å². The number of aryl methyl sites for hydroxylation is 2. The maximum absolute atomic E-state index is 11.9. The Bertz CT molecular complexity index is 447. The van der Waals surface area contributed by atoms with Gasteiger partial charge in [-0.3, -0.25) is 4.79 Å². The molecule has 0 bridgehead atoms. The molecule has 1 aromatic heterocycles. The highest BCUT2D eigenvalue weighted by molar-refractivity contribution is 6.05. The molecule has 1 aliphatic heterocycles. The molecule has 1 amide bonds. The van der Waals surface area contributed by atoms with Gasteiger partial charge in [0.1, 0.15) is 11.2 Å². The topological polar surface area (TPSA) is 50.2 Å². The molecular weight excluding hydrogens is 204 g/mol. The standard InChI is InChI=1S/C11H18N4O/c1-6-15-9-8(7(2)13-15)12-10(16)11(3,4)14(9)5/h6H2,1-5H3,(H,12,16). The Labute approximate surface area is 95.4 Å².